The molecule has 0 radical (unpaired) electrons. The third kappa shape index (κ3) is 3.73. The van der Waals surface area contributed by atoms with Crippen LogP contribution < -0.4 is 5.32 Å². The monoisotopic (exact) mass is 202 g/mol. The molecule has 0 aliphatic rings. The van der Waals surface area contributed by atoms with Gasteiger partial charge in [-0.1, -0.05) is 13.0 Å². The Balaban J connectivity index is 2.74. The Morgan fingerprint density at radius 3 is 2.93 bits per heavy atom. The maximum Gasteiger partial charge on any atom is 0.0576 e. The summed E-state index contributed by atoms with van der Waals surface area (Å²) in [7, 11) is 0. The van der Waals surface area contributed by atoms with Gasteiger partial charge in [0.2, 0.25) is 0 Å². The van der Waals surface area contributed by atoms with Gasteiger partial charge in [-0.25, -0.2) is 0 Å². The molecule has 0 aliphatic carbocycles. The second kappa shape index (κ2) is 6.21. The number of pyridine rings is 1. The van der Waals surface area contributed by atoms with Crippen LogP contribution in [0.1, 0.15) is 37.2 Å². The van der Waals surface area contributed by atoms with E-state index < -0.39 is 0 Å². The minimum Gasteiger partial charge on any atom is -0.309 e. The lowest BCUT2D eigenvalue weighted by atomic mass is 10.1. The van der Waals surface area contributed by atoms with Crippen LogP contribution in [0, 0.1) is 19.3 Å². The molecule has 1 unspecified atom stereocenters. The normalized spacial score (nSPS) is 12.1. The molecule has 0 saturated carbocycles. The predicted molar refractivity (Wildman–Crippen MR) is 63.5 cm³/mol. The fourth-order valence-corrected chi connectivity index (χ4v) is 1.59. The SMILES string of the molecule is C#CCCC(NCC)c1cccc(C)n1. The highest BCUT2D eigenvalue weighted by Crippen LogP contribution is 2.16. The third-order valence-corrected chi connectivity index (χ3v) is 2.29. The van der Waals surface area contributed by atoms with Crippen LogP contribution in [-0.2, 0) is 0 Å². The summed E-state index contributed by atoms with van der Waals surface area (Å²) in [6.45, 7) is 5.04. The van der Waals surface area contributed by atoms with Crippen LogP contribution >= 0.6 is 0 Å². The predicted octanol–water partition coefficient (Wildman–Crippen LogP) is 2.45. The summed E-state index contributed by atoms with van der Waals surface area (Å²) in [4.78, 5) is 4.51. The molecule has 0 aliphatic heterocycles. The number of hydrogen-bond acceptors (Lipinski definition) is 2. The molecule has 1 aromatic heterocycles. The van der Waals surface area contributed by atoms with Crippen LogP contribution in [0.2, 0.25) is 0 Å². The van der Waals surface area contributed by atoms with Gasteiger partial charge in [0.15, 0.2) is 0 Å². The molecule has 80 valence electrons. The topological polar surface area (TPSA) is 24.9 Å². The Morgan fingerprint density at radius 1 is 1.53 bits per heavy atom. The summed E-state index contributed by atoms with van der Waals surface area (Å²) in [6.07, 6.45) is 7.01. The zero-order valence-electron chi connectivity index (χ0n) is 9.46. The van der Waals surface area contributed by atoms with Gasteiger partial charge in [-0.15, -0.1) is 12.3 Å². The Morgan fingerprint density at radius 2 is 2.33 bits per heavy atom. The van der Waals surface area contributed by atoms with Crippen molar-refractivity contribution in [1.29, 1.82) is 0 Å². The second-order valence-corrected chi connectivity index (χ2v) is 3.56. The number of terminal acetylenes is 1. The Hall–Kier alpha value is -1.33. The van der Waals surface area contributed by atoms with Crippen molar-refractivity contribution in [2.24, 2.45) is 0 Å². The number of hydrogen-bond donors (Lipinski definition) is 1. The van der Waals surface area contributed by atoms with Crippen LogP contribution in [0.15, 0.2) is 18.2 Å². The Labute approximate surface area is 92.1 Å². The van der Waals surface area contributed by atoms with Gasteiger partial charge >= 0.3 is 0 Å². The largest absolute Gasteiger partial charge is 0.309 e. The summed E-state index contributed by atoms with van der Waals surface area (Å²) in [5.74, 6) is 2.67. The van der Waals surface area contributed by atoms with Crippen molar-refractivity contribution < 1.29 is 0 Å². The molecule has 0 saturated heterocycles. The van der Waals surface area contributed by atoms with Gasteiger partial charge in [-0.3, -0.25) is 4.98 Å². The first-order valence-corrected chi connectivity index (χ1v) is 5.38. The van der Waals surface area contributed by atoms with E-state index in [9.17, 15) is 0 Å². The van der Waals surface area contributed by atoms with E-state index in [1.165, 1.54) is 0 Å². The maximum absolute atomic E-state index is 5.28. The lowest BCUT2D eigenvalue weighted by Gasteiger charge is -2.16. The van der Waals surface area contributed by atoms with Crippen molar-refractivity contribution in [2.45, 2.75) is 32.7 Å². The Bertz CT molecular complexity index is 339. The van der Waals surface area contributed by atoms with E-state index in [-0.39, 0.29) is 6.04 Å². The molecule has 2 nitrogen and oxygen atoms in total. The number of aromatic nitrogens is 1. The average Bonchev–Trinajstić information content (AvgIpc) is 2.24. The van der Waals surface area contributed by atoms with E-state index in [1.54, 1.807) is 0 Å². The van der Waals surface area contributed by atoms with Gasteiger partial charge in [-0.05, 0) is 32.0 Å². The average molecular weight is 202 g/mol. The summed E-state index contributed by atoms with van der Waals surface area (Å²) in [5.41, 5.74) is 2.14. The van der Waals surface area contributed by atoms with E-state index >= 15 is 0 Å². The molecule has 1 atom stereocenters. The van der Waals surface area contributed by atoms with Crippen LogP contribution in [0.3, 0.4) is 0 Å². The quantitative estimate of drug-likeness (QED) is 0.742. The van der Waals surface area contributed by atoms with E-state index in [1.807, 2.05) is 19.1 Å². The number of aryl methyl sites for hydroxylation is 1. The molecule has 1 N–H and O–H groups in total. The smallest absolute Gasteiger partial charge is 0.0576 e. The second-order valence-electron chi connectivity index (χ2n) is 3.56. The number of rotatable bonds is 5. The fraction of sp³-hybridized carbons (Fsp3) is 0.462. The summed E-state index contributed by atoms with van der Waals surface area (Å²) >= 11 is 0. The minimum absolute atomic E-state index is 0.283. The van der Waals surface area contributed by atoms with Gasteiger partial charge in [-0.2, -0.15) is 0 Å². The molecule has 1 aromatic rings. The molecule has 2 heteroatoms. The van der Waals surface area contributed by atoms with Crippen LogP contribution in [-0.4, -0.2) is 11.5 Å². The maximum atomic E-state index is 5.28. The van der Waals surface area contributed by atoms with Crippen molar-refractivity contribution in [3.63, 3.8) is 0 Å². The Kier molecular flexibility index (Phi) is 4.86. The third-order valence-electron chi connectivity index (χ3n) is 2.29. The first-order chi connectivity index (χ1) is 7.27. The molecule has 0 bridgehead atoms. The van der Waals surface area contributed by atoms with Gasteiger partial charge in [0.05, 0.1) is 11.7 Å². The molecule has 1 rings (SSSR count). The number of nitrogens with zero attached hydrogens (tertiary/aromatic N) is 1. The number of nitrogens with one attached hydrogen (secondary N) is 1. The van der Waals surface area contributed by atoms with Gasteiger partial charge in [0.25, 0.3) is 0 Å². The zero-order valence-corrected chi connectivity index (χ0v) is 9.46. The van der Waals surface area contributed by atoms with Crippen LogP contribution in [0.5, 0.6) is 0 Å². The highest BCUT2D eigenvalue weighted by Gasteiger charge is 2.10. The molecular weight excluding hydrogens is 184 g/mol. The van der Waals surface area contributed by atoms with Crippen molar-refractivity contribution in [3.05, 3.63) is 29.6 Å². The molecule has 0 amide bonds. The summed E-state index contributed by atoms with van der Waals surface area (Å²) < 4.78 is 0. The summed E-state index contributed by atoms with van der Waals surface area (Å²) in [6, 6.07) is 6.38. The van der Waals surface area contributed by atoms with Gasteiger partial charge in [0.1, 0.15) is 0 Å². The molecule has 0 spiro atoms. The minimum atomic E-state index is 0.283. The van der Waals surface area contributed by atoms with Crippen LogP contribution in [0.4, 0.5) is 0 Å². The molecule has 0 fully saturated rings. The lowest BCUT2D eigenvalue weighted by Crippen LogP contribution is -2.21. The zero-order chi connectivity index (χ0) is 11.1. The highest BCUT2D eigenvalue weighted by molar-refractivity contribution is 5.13. The molecule has 1 heterocycles. The van der Waals surface area contributed by atoms with E-state index in [0.29, 0.717) is 0 Å². The summed E-state index contributed by atoms with van der Waals surface area (Å²) in [5, 5.41) is 3.40. The van der Waals surface area contributed by atoms with E-state index in [2.05, 4.69) is 29.2 Å². The van der Waals surface area contributed by atoms with E-state index in [0.717, 1.165) is 30.8 Å². The van der Waals surface area contributed by atoms with E-state index in [4.69, 9.17) is 6.42 Å². The highest BCUT2D eigenvalue weighted by atomic mass is 14.9. The lowest BCUT2D eigenvalue weighted by molar-refractivity contribution is 0.510. The van der Waals surface area contributed by atoms with Crippen LogP contribution in [0.25, 0.3) is 0 Å². The standard InChI is InChI=1S/C13H18N2/c1-4-6-9-12(14-5-2)13-10-7-8-11(3)15-13/h1,7-8,10,12,14H,5-6,9H2,2-3H3. The first-order valence-electron chi connectivity index (χ1n) is 5.38. The molecule has 0 aromatic carbocycles. The van der Waals surface area contributed by atoms with Crippen molar-refractivity contribution in [1.82, 2.24) is 10.3 Å². The van der Waals surface area contributed by atoms with Crippen molar-refractivity contribution in [2.75, 3.05) is 6.54 Å². The first kappa shape index (κ1) is 11.7. The fourth-order valence-electron chi connectivity index (χ4n) is 1.59. The van der Waals surface area contributed by atoms with Crippen molar-refractivity contribution in [3.8, 4) is 12.3 Å². The van der Waals surface area contributed by atoms with Gasteiger partial charge < -0.3 is 5.32 Å². The van der Waals surface area contributed by atoms with Gasteiger partial charge in [0, 0.05) is 12.1 Å². The van der Waals surface area contributed by atoms with Crippen molar-refractivity contribution >= 4 is 0 Å². The molecular formula is C13H18N2. The molecule has 15 heavy (non-hydrogen) atoms.